The average Bonchev–Trinajstić information content (AvgIpc) is 2.72. The maximum atomic E-state index is 10.5. The summed E-state index contributed by atoms with van der Waals surface area (Å²) in [4.78, 5) is 0. The van der Waals surface area contributed by atoms with Crippen LogP contribution in [0, 0.1) is 0 Å². The number of hydrogen-bond acceptors (Lipinski definition) is 3. The lowest BCUT2D eigenvalue weighted by molar-refractivity contribution is 0.208. The fraction of sp³-hybridized carbons (Fsp3) is 0.250. The van der Waals surface area contributed by atoms with Gasteiger partial charge in [0.2, 0.25) is 0 Å². The van der Waals surface area contributed by atoms with E-state index >= 15 is 0 Å². The molecule has 0 spiro atoms. The van der Waals surface area contributed by atoms with Crippen LogP contribution in [0.3, 0.4) is 0 Å². The third-order valence-electron chi connectivity index (χ3n) is 2.74. The van der Waals surface area contributed by atoms with Crippen molar-refractivity contribution >= 4 is 37.5 Å². The van der Waals surface area contributed by atoms with Crippen molar-refractivity contribution in [2.45, 2.75) is 19.6 Å². The molecule has 18 heavy (non-hydrogen) atoms. The molecule has 2 aromatic rings. The van der Waals surface area contributed by atoms with Gasteiger partial charge in [0.1, 0.15) is 6.10 Å². The van der Waals surface area contributed by atoms with Gasteiger partial charge in [-0.1, -0.05) is 15.9 Å². The molecule has 0 saturated carbocycles. The van der Waals surface area contributed by atoms with Crippen molar-refractivity contribution in [3.63, 3.8) is 0 Å². The smallest absolute Gasteiger partial charge is 0.124 e. The minimum absolute atomic E-state index is 0.557. The molecule has 1 aromatic carbocycles. The molecule has 1 aromatic heterocycles. The van der Waals surface area contributed by atoms with Gasteiger partial charge in [-0.3, -0.25) is 4.68 Å². The molecule has 1 unspecified atom stereocenters. The number of anilines is 1. The minimum atomic E-state index is -0.806. The maximum Gasteiger partial charge on any atom is 0.124 e. The summed E-state index contributed by atoms with van der Waals surface area (Å²) in [5, 5.41) is 14.7. The van der Waals surface area contributed by atoms with Crippen LogP contribution in [-0.2, 0) is 6.54 Å². The molecule has 0 amide bonds. The molecular formula is C12H13Br2N3O. The van der Waals surface area contributed by atoms with E-state index in [2.05, 4.69) is 37.0 Å². The lowest BCUT2D eigenvalue weighted by Crippen LogP contribution is -2.11. The summed E-state index contributed by atoms with van der Waals surface area (Å²) in [5.41, 5.74) is 7.85. The number of halogens is 2. The monoisotopic (exact) mass is 373 g/mol. The van der Waals surface area contributed by atoms with E-state index < -0.39 is 6.10 Å². The largest absolute Gasteiger partial charge is 0.398 e. The molecule has 1 atom stereocenters. The highest BCUT2D eigenvalue weighted by Crippen LogP contribution is 2.32. The second-order valence-electron chi connectivity index (χ2n) is 3.87. The second-order valence-corrected chi connectivity index (χ2v) is 5.64. The number of nitrogens with two attached hydrogens (primary N) is 1. The molecule has 0 fully saturated rings. The van der Waals surface area contributed by atoms with E-state index in [1.165, 1.54) is 0 Å². The number of aromatic nitrogens is 2. The van der Waals surface area contributed by atoms with E-state index in [0.29, 0.717) is 23.5 Å². The lowest BCUT2D eigenvalue weighted by atomic mass is 10.0. The van der Waals surface area contributed by atoms with Crippen molar-refractivity contribution in [3.05, 3.63) is 44.6 Å². The molecule has 6 heteroatoms. The zero-order chi connectivity index (χ0) is 13.3. The summed E-state index contributed by atoms with van der Waals surface area (Å²) >= 11 is 6.78. The zero-order valence-electron chi connectivity index (χ0n) is 9.77. The van der Waals surface area contributed by atoms with Gasteiger partial charge in [0, 0.05) is 22.3 Å². The first-order valence-corrected chi connectivity index (χ1v) is 7.07. The molecule has 1 heterocycles. The molecule has 96 valence electrons. The summed E-state index contributed by atoms with van der Waals surface area (Å²) in [6.07, 6.45) is 0.871. The number of nitrogen functional groups attached to an aromatic ring is 1. The number of aliphatic hydroxyl groups is 1. The maximum absolute atomic E-state index is 10.5. The van der Waals surface area contributed by atoms with Crippen molar-refractivity contribution in [1.29, 1.82) is 0 Å². The van der Waals surface area contributed by atoms with Crippen LogP contribution in [0.5, 0.6) is 0 Å². The van der Waals surface area contributed by atoms with Gasteiger partial charge in [0.15, 0.2) is 0 Å². The second kappa shape index (κ2) is 5.42. The van der Waals surface area contributed by atoms with Gasteiger partial charge < -0.3 is 10.8 Å². The number of aryl methyl sites for hydroxylation is 1. The highest BCUT2D eigenvalue weighted by atomic mass is 79.9. The van der Waals surface area contributed by atoms with Crippen LogP contribution in [0.4, 0.5) is 5.69 Å². The van der Waals surface area contributed by atoms with Crippen LogP contribution in [0.15, 0.2) is 33.3 Å². The molecule has 0 aliphatic carbocycles. The Kier molecular flexibility index (Phi) is 4.09. The van der Waals surface area contributed by atoms with Crippen LogP contribution in [0.2, 0.25) is 0 Å². The Balaban J connectivity index is 2.50. The Morgan fingerprint density at radius 2 is 2.17 bits per heavy atom. The molecule has 0 bridgehead atoms. The van der Waals surface area contributed by atoms with Crippen molar-refractivity contribution in [2.75, 3.05) is 5.73 Å². The highest BCUT2D eigenvalue weighted by Gasteiger charge is 2.21. The number of rotatable bonds is 3. The van der Waals surface area contributed by atoms with Gasteiger partial charge in [0.05, 0.1) is 16.4 Å². The number of hydrogen-bond donors (Lipinski definition) is 2. The molecule has 0 radical (unpaired) electrons. The molecule has 0 aliphatic heterocycles. The van der Waals surface area contributed by atoms with Crippen molar-refractivity contribution in [1.82, 2.24) is 9.78 Å². The Hall–Kier alpha value is -0.850. The van der Waals surface area contributed by atoms with Crippen molar-refractivity contribution < 1.29 is 5.11 Å². The van der Waals surface area contributed by atoms with Crippen LogP contribution < -0.4 is 5.73 Å². The first kappa shape index (κ1) is 13.6. The third kappa shape index (κ3) is 2.46. The van der Waals surface area contributed by atoms with Crippen LogP contribution in [0.25, 0.3) is 0 Å². The number of aliphatic hydroxyl groups excluding tert-OH is 1. The Labute approximate surface area is 122 Å². The Morgan fingerprint density at radius 1 is 1.44 bits per heavy atom. The van der Waals surface area contributed by atoms with E-state index in [1.807, 2.05) is 19.1 Å². The quantitative estimate of drug-likeness (QED) is 0.811. The standard InChI is InChI=1S/C12H13Br2N3O/c1-2-17-11(9(14)6-16-17)12(18)8-5-7(13)3-4-10(8)15/h3-6,12,18H,2,15H2,1H3. The summed E-state index contributed by atoms with van der Waals surface area (Å²) in [6.45, 7) is 2.66. The first-order chi connectivity index (χ1) is 8.54. The van der Waals surface area contributed by atoms with Gasteiger partial charge in [0.25, 0.3) is 0 Å². The minimum Gasteiger partial charge on any atom is -0.398 e. The summed E-state index contributed by atoms with van der Waals surface area (Å²) in [6, 6.07) is 5.43. The average molecular weight is 375 g/mol. The topological polar surface area (TPSA) is 64.1 Å². The molecule has 0 saturated heterocycles. The van der Waals surface area contributed by atoms with E-state index in [0.717, 1.165) is 8.95 Å². The van der Waals surface area contributed by atoms with E-state index in [9.17, 15) is 5.11 Å². The lowest BCUT2D eigenvalue weighted by Gasteiger charge is -2.16. The van der Waals surface area contributed by atoms with E-state index in [1.54, 1.807) is 16.9 Å². The molecule has 3 N–H and O–H groups in total. The van der Waals surface area contributed by atoms with E-state index in [-0.39, 0.29) is 0 Å². The van der Waals surface area contributed by atoms with Gasteiger partial charge in [-0.2, -0.15) is 5.10 Å². The Bertz CT molecular complexity index is 568. The molecule has 0 aliphatic rings. The Morgan fingerprint density at radius 3 is 2.83 bits per heavy atom. The van der Waals surface area contributed by atoms with Crippen LogP contribution in [0.1, 0.15) is 24.3 Å². The van der Waals surface area contributed by atoms with Gasteiger partial charge in [-0.25, -0.2) is 0 Å². The summed E-state index contributed by atoms with van der Waals surface area (Å²) in [5.74, 6) is 0. The fourth-order valence-electron chi connectivity index (χ4n) is 1.83. The molecular weight excluding hydrogens is 362 g/mol. The summed E-state index contributed by atoms with van der Waals surface area (Å²) in [7, 11) is 0. The van der Waals surface area contributed by atoms with Crippen molar-refractivity contribution in [3.8, 4) is 0 Å². The molecule has 2 rings (SSSR count). The SMILES string of the molecule is CCn1ncc(Br)c1C(O)c1cc(Br)ccc1N. The van der Waals surface area contributed by atoms with Gasteiger partial charge in [-0.15, -0.1) is 0 Å². The number of benzene rings is 1. The first-order valence-electron chi connectivity index (χ1n) is 5.48. The summed E-state index contributed by atoms with van der Waals surface area (Å²) < 4.78 is 3.40. The molecule has 4 nitrogen and oxygen atoms in total. The third-order valence-corrected chi connectivity index (χ3v) is 3.84. The van der Waals surface area contributed by atoms with Crippen molar-refractivity contribution in [2.24, 2.45) is 0 Å². The zero-order valence-corrected chi connectivity index (χ0v) is 12.9. The fourth-order valence-corrected chi connectivity index (χ4v) is 2.72. The predicted octanol–water partition coefficient (Wildman–Crippen LogP) is 3.09. The van der Waals surface area contributed by atoms with Gasteiger partial charge >= 0.3 is 0 Å². The van der Waals surface area contributed by atoms with E-state index in [4.69, 9.17) is 5.73 Å². The predicted molar refractivity (Wildman–Crippen MR) is 78.2 cm³/mol. The van der Waals surface area contributed by atoms with Crippen LogP contribution in [-0.4, -0.2) is 14.9 Å². The number of nitrogens with zero attached hydrogens (tertiary/aromatic N) is 2. The normalized spacial score (nSPS) is 12.7. The highest BCUT2D eigenvalue weighted by molar-refractivity contribution is 9.10. The van der Waals surface area contributed by atoms with Crippen LogP contribution >= 0.6 is 31.9 Å². The van der Waals surface area contributed by atoms with Gasteiger partial charge in [-0.05, 0) is 41.1 Å².